The maximum atomic E-state index is 13.1. The van der Waals surface area contributed by atoms with Crippen molar-refractivity contribution in [2.45, 2.75) is 12.8 Å². The number of nitrogens with one attached hydrogen (secondary N) is 1. The molecule has 0 aliphatic carbocycles. The third kappa shape index (κ3) is 3.69. The number of hydrogen-bond acceptors (Lipinski definition) is 1. The molecule has 0 aliphatic rings. The Kier molecular flexibility index (Phi) is 4.58. The number of anilines is 1. The average molecular weight is 328 g/mol. The molecule has 116 valence electrons. The minimum absolute atomic E-state index is 0.00291. The molecule has 3 aromatic rings. The first-order valence-electron chi connectivity index (χ1n) is 7.35. The number of fused-ring (bicyclic) bond motifs is 1. The van der Waals surface area contributed by atoms with Gasteiger partial charge in [0.2, 0.25) is 5.91 Å². The van der Waals surface area contributed by atoms with Crippen molar-refractivity contribution < 1.29 is 9.18 Å². The highest BCUT2D eigenvalue weighted by Gasteiger charge is 2.07. The van der Waals surface area contributed by atoms with Gasteiger partial charge in [-0.1, -0.05) is 54.1 Å². The molecule has 4 heteroatoms. The zero-order valence-corrected chi connectivity index (χ0v) is 13.1. The van der Waals surface area contributed by atoms with E-state index in [1.165, 1.54) is 18.2 Å². The molecule has 2 nitrogen and oxygen atoms in total. The molecule has 0 spiro atoms. The Morgan fingerprint density at radius 3 is 2.65 bits per heavy atom. The summed E-state index contributed by atoms with van der Waals surface area (Å²) in [7, 11) is 0. The van der Waals surface area contributed by atoms with Gasteiger partial charge in [-0.05, 0) is 41.0 Å². The molecule has 3 aromatic carbocycles. The van der Waals surface area contributed by atoms with Crippen LogP contribution in [-0.2, 0) is 11.2 Å². The summed E-state index contributed by atoms with van der Waals surface area (Å²) < 4.78 is 13.1. The van der Waals surface area contributed by atoms with Crippen LogP contribution >= 0.6 is 11.6 Å². The van der Waals surface area contributed by atoms with Crippen LogP contribution in [0.25, 0.3) is 10.8 Å². The van der Waals surface area contributed by atoms with Gasteiger partial charge in [-0.15, -0.1) is 0 Å². The molecular formula is C19H15ClFNO. The van der Waals surface area contributed by atoms with Gasteiger partial charge in [0.1, 0.15) is 5.82 Å². The van der Waals surface area contributed by atoms with Crippen LogP contribution < -0.4 is 5.32 Å². The van der Waals surface area contributed by atoms with Crippen molar-refractivity contribution in [3.8, 4) is 0 Å². The second kappa shape index (κ2) is 6.80. The Balaban J connectivity index is 1.67. The van der Waals surface area contributed by atoms with Crippen molar-refractivity contribution in [2.75, 3.05) is 5.32 Å². The predicted molar refractivity (Wildman–Crippen MR) is 92.3 cm³/mol. The molecule has 0 unspecified atom stereocenters. The van der Waals surface area contributed by atoms with E-state index in [-0.39, 0.29) is 10.9 Å². The van der Waals surface area contributed by atoms with E-state index < -0.39 is 5.82 Å². The Hall–Kier alpha value is -2.39. The number of amides is 1. The fourth-order valence-corrected chi connectivity index (χ4v) is 2.74. The van der Waals surface area contributed by atoms with Crippen LogP contribution in [0.1, 0.15) is 12.0 Å². The highest BCUT2D eigenvalue weighted by Crippen LogP contribution is 2.21. The lowest BCUT2D eigenvalue weighted by atomic mass is 10.0. The van der Waals surface area contributed by atoms with E-state index in [1.807, 2.05) is 24.3 Å². The molecule has 0 aromatic heterocycles. The first-order valence-corrected chi connectivity index (χ1v) is 7.73. The van der Waals surface area contributed by atoms with Crippen LogP contribution in [0.5, 0.6) is 0 Å². The summed E-state index contributed by atoms with van der Waals surface area (Å²) in [5, 5.41) is 5.06. The van der Waals surface area contributed by atoms with Crippen molar-refractivity contribution in [1.82, 2.24) is 0 Å². The molecule has 23 heavy (non-hydrogen) atoms. The Labute approximate surface area is 138 Å². The van der Waals surface area contributed by atoms with Gasteiger partial charge in [0, 0.05) is 12.1 Å². The lowest BCUT2D eigenvalue weighted by Crippen LogP contribution is -2.12. The number of benzene rings is 3. The molecule has 0 bridgehead atoms. The zero-order valence-electron chi connectivity index (χ0n) is 12.4. The van der Waals surface area contributed by atoms with E-state index in [0.717, 1.165) is 16.3 Å². The highest BCUT2D eigenvalue weighted by atomic mass is 35.5. The van der Waals surface area contributed by atoms with Crippen molar-refractivity contribution in [3.63, 3.8) is 0 Å². The first-order chi connectivity index (χ1) is 11.1. The summed E-state index contributed by atoms with van der Waals surface area (Å²) in [5.74, 6) is -0.624. The van der Waals surface area contributed by atoms with Crippen molar-refractivity contribution in [3.05, 3.63) is 77.1 Å². The molecule has 0 aliphatic heterocycles. The number of carbonyl (C=O) groups excluding carboxylic acids is 1. The van der Waals surface area contributed by atoms with Gasteiger partial charge in [-0.2, -0.15) is 0 Å². The molecule has 0 atom stereocenters. The quantitative estimate of drug-likeness (QED) is 0.700. The third-order valence-electron chi connectivity index (χ3n) is 3.70. The highest BCUT2D eigenvalue weighted by molar-refractivity contribution is 6.31. The van der Waals surface area contributed by atoms with Gasteiger partial charge in [0.15, 0.2) is 0 Å². The summed E-state index contributed by atoms with van der Waals surface area (Å²) >= 11 is 5.71. The van der Waals surface area contributed by atoms with Crippen LogP contribution in [0.4, 0.5) is 10.1 Å². The van der Waals surface area contributed by atoms with E-state index in [2.05, 4.69) is 23.5 Å². The van der Waals surface area contributed by atoms with Crippen molar-refractivity contribution >= 4 is 34.0 Å². The number of halogens is 2. The molecule has 0 heterocycles. The number of carbonyl (C=O) groups is 1. The minimum atomic E-state index is -0.500. The monoisotopic (exact) mass is 327 g/mol. The molecule has 0 fully saturated rings. The number of aryl methyl sites for hydroxylation is 1. The largest absolute Gasteiger partial charge is 0.326 e. The Bertz CT molecular complexity index is 858. The smallest absolute Gasteiger partial charge is 0.224 e. The lowest BCUT2D eigenvalue weighted by molar-refractivity contribution is -0.116. The van der Waals surface area contributed by atoms with E-state index in [4.69, 9.17) is 11.6 Å². The average Bonchev–Trinajstić information content (AvgIpc) is 2.56. The van der Waals surface area contributed by atoms with Crippen LogP contribution in [0.2, 0.25) is 5.02 Å². The van der Waals surface area contributed by atoms with Gasteiger partial charge >= 0.3 is 0 Å². The Morgan fingerprint density at radius 1 is 1.04 bits per heavy atom. The molecule has 1 N–H and O–H groups in total. The van der Waals surface area contributed by atoms with Crippen LogP contribution in [0, 0.1) is 5.82 Å². The van der Waals surface area contributed by atoms with Crippen LogP contribution in [0.15, 0.2) is 60.7 Å². The number of rotatable bonds is 4. The van der Waals surface area contributed by atoms with E-state index >= 15 is 0 Å². The second-order valence-electron chi connectivity index (χ2n) is 5.32. The fraction of sp³-hybridized carbons (Fsp3) is 0.105. The van der Waals surface area contributed by atoms with Gasteiger partial charge in [-0.3, -0.25) is 4.79 Å². The van der Waals surface area contributed by atoms with Crippen molar-refractivity contribution in [2.24, 2.45) is 0 Å². The maximum absolute atomic E-state index is 13.1. The Morgan fingerprint density at radius 2 is 1.83 bits per heavy atom. The molecule has 1 amide bonds. The summed E-state index contributed by atoms with van der Waals surface area (Å²) in [6.45, 7) is 0. The molecule has 3 rings (SSSR count). The molecule has 0 saturated carbocycles. The van der Waals surface area contributed by atoms with Gasteiger partial charge in [-0.25, -0.2) is 4.39 Å². The zero-order chi connectivity index (χ0) is 16.2. The summed E-state index contributed by atoms with van der Waals surface area (Å²) in [6.07, 6.45) is 0.991. The third-order valence-corrected chi connectivity index (χ3v) is 3.99. The molecule has 0 radical (unpaired) electrons. The molecular weight excluding hydrogens is 313 g/mol. The maximum Gasteiger partial charge on any atom is 0.224 e. The normalized spacial score (nSPS) is 10.7. The van der Waals surface area contributed by atoms with Crippen LogP contribution in [0.3, 0.4) is 0 Å². The topological polar surface area (TPSA) is 29.1 Å². The summed E-state index contributed by atoms with van der Waals surface area (Å²) in [4.78, 5) is 12.1. The van der Waals surface area contributed by atoms with E-state index in [0.29, 0.717) is 18.5 Å². The number of hydrogen-bond donors (Lipinski definition) is 1. The van der Waals surface area contributed by atoms with Crippen molar-refractivity contribution in [1.29, 1.82) is 0 Å². The summed E-state index contributed by atoms with van der Waals surface area (Å²) in [6, 6.07) is 18.3. The fourth-order valence-electron chi connectivity index (χ4n) is 2.56. The first kappa shape index (κ1) is 15.5. The van der Waals surface area contributed by atoms with Gasteiger partial charge < -0.3 is 5.32 Å². The summed E-state index contributed by atoms with van der Waals surface area (Å²) in [5.41, 5.74) is 1.63. The minimum Gasteiger partial charge on any atom is -0.326 e. The predicted octanol–water partition coefficient (Wildman–Crippen LogP) is 5.20. The van der Waals surface area contributed by atoms with Gasteiger partial charge in [0.05, 0.1) is 5.02 Å². The van der Waals surface area contributed by atoms with Crippen LogP contribution in [-0.4, -0.2) is 5.91 Å². The van der Waals surface area contributed by atoms with Gasteiger partial charge in [0.25, 0.3) is 0 Å². The van der Waals surface area contributed by atoms with E-state index in [1.54, 1.807) is 0 Å². The lowest BCUT2D eigenvalue weighted by Gasteiger charge is -2.08. The molecule has 0 saturated heterocycles. The second-order valence-corrected chi connectivity index (χ2v) is 5.72. The standard InChI is InChI=1S/C19H15ClFNO/c20-17-12-15(9-10-18(17)21)22-19(23)11-8-14-6-3-5-13-4-1-2-7-16(13)14/h1-7,9-10,12H,8,11H2,(H,22,23). The van der Waals surface area contributed by atoms with E-state index in [9.17, 15) is 9.18 Å². The SMILES string of the molecule is O=C(CCc1cccc2ccccc12)Nc1ccc(F)c(Cl)c1.